The number of rotatable bonds is 5. The van der Waals surface area contributed by atoms with Crippen molar-refractivity contribution in [1.82, 2.24) is 4.90 Å². The van der Waals surface area contributed by atoms with E-state index in [-0.39, 0.29) is 18.1 Å². The largest absolute Gasteiger partial charge is 0.387 e. The Balaban J connectivity index is 1.82. The number of aliphatic hydroxyl groups is 1. The van der Waals surface area contributed by atoms with E-state index in [0.29, 0.717) is 25.2 Å². The molecular formula is C13H17N3O4. The number of likely N-dealkylation sites (tertiary alicyclic amines) is 1. The number of nitrogens with zero attached hydrogens (tertiary/aromatic N) is 2. The van der Waals surface area contributed by atoms with Gasteiger partial charge >= 0.3 is 0 Å². The van der Waals surface area contributed by atoms with Gasteiger partial charge in [-0.15, -0.1) is 0 Å². The van der Waals surface area contributed by atoms with Gasteiger partial charge < -0.3 is 10.4 Å². The minimum Gasteiger partial charge on any atom is -0.387 e. The molecule has 1 heterocycles. The molecule has 1 aromatic carbocycles. The highest BCUT2D eigenvalue weighted by atomic mass is 16.6. The average Bonchev–Trinajstić information content (AvgIpc) is 2.37. The molecule has 0 atom stereocenters. The number of carbonyl (C=O) groups excluding carboxylic acids is 1. The summed E-state index contributed by atoms with van der Waals surface area (Å²) in [7, 11) is 0. The first-order valence-electron chi connectivity index (χ1n) is 6.41. The molecule has 0 unspecified atom stereocenters. The first kappa shape index (κ1) is 14.4. The highest BCUT2D eigenvalue weighted by Crippen LogP contribution is 2.23. The van der Waals surface area contributed by atoms with Crippen molar-refractivity contribution in [3.63, 3.8) is 0 Å². The highest BCUT2D eigenvalue weighted by Gasteiger charge is 2.39. The summed E-state index contributed by atoms with van der Waals surface area (Å²) in [6, 6.07) is 5.67. The Bertz CT molecular complexity index is 509. The summed E-state index contributed by atoms with van der Waals surface area (Å²) in [6.45, 7) is 3.11. The van der Waals surface area contributed by atoms with Crippen LogP contribution in [0.5, 0.6) is 0 Å². The van der Waals surface area contributed by atoms with Crippen molar-refractivity contribution in [3.05, 3.63) is 34.4 Å². The van der Waals surface area contributed by atoms with Crippen LogP contribution in [0.3, 0.4) is 0 Å². The molecule has 1 amide bonds. The number of nitro benzene ring substituents is 1. The lowest BCUT2D eigenvalue weighted by Crippen LogP contribution is -2.62. The Morgan fingerprint density at radius 3 is 2.55 bits per heavy atom. The number of β-amino-alcohol motifs (C(OH)–C–C–N with tert-alkyl or cyclic N) is 1. The number of nitrogens with one attached hydrogen (secondary N) is 1. The fourth-order valence-electron chi connectivity index (χ4n) is 2.19. The first-order valence-corrected chi connectivity index (χ1v) is 6.41. The minimum atomic E-state index is -0.659. The fourth-order valence-corrected chi connectivity index (χ4v) is 2.19. The van der Waals surface area contributed by atoms with Gasteiger partial charge in [0.05, 0.1) is 17.1 Å². The summed E-state index contributed by atoms with van der Waals surface area (Å²) >= 11 is 0. The predicted molar refractivity (Wildman–Crippen MR) is 73.4 cm³/mol. The molecule has 0 radical (unpaired) electrons. The first-order chi connectivity index (χ1) is 9.42. The van der Waals surface area contributed by atoms with Crippen LogP contribution in [0.4, 0.5) is 11.4 Å². The van der Waals surface area contributed by atoms with E-state index in [9.17, 15) is 20.0 Å². The smallest absolute Gasteiger partial charge is 0.269 e. The third-order valence-corrected chi connectivity index (χ3v) is 3.42. The third-order valence-electron chi connectivity index (χ3n) is 3.42. The van der Waals surface area contributed by atoms with E-state index in [1.54, 1.807) is 0 Å². The van der Waals surface area contributed by atoms with Crippen molar-refractivity contribution in [2.24, 2.45) is 0 Å². The van der Waals surface area contributed by atoms with Gasteiger partial charge in [0.15, 0.2) is 0 Å². The second-order valence-electron chi connectivity index (χ2n) is 5.08. The Hall–Kier alpha value is -1.99. The lowest BCUT2D eigenvalue weighted by Gasteiger charge is -2.45. The summed E-state index contributed by atoms with van der Waals surface area (Å²) in [6.07, 6.45) is 0.674. The molecule has 1 aliphatic heterocycles. The van der Waals surface area contributed by atoms with Gasteiger partial charge in [0.2, 0.25) is 5.91 Å². The highest BCUT2D eigenvalue weighted by molar-refractivity contribution is 5.92. The van der Waals surface area contributed by atoms with Crippen LogP contribution in [0.15, 0.2) is 24.3 Å². The molecule has 2 rings (SSSR count). The molecule has 2 N–H and O–H groups in total. The van der Waals surface area contributed by atoms with Gasteiger partial charge in [0, 0.05) is 30.9 Å². The Kier molecular flexibility index (Phi) is 4.01. The van der Waals surface area contributed by atoms with Crippen molar-refractivity contribution in [2.45, 2.75) is 18.9 Å². The van der Waals surface area contributed by atoms with Crippen LogP contribution in [-0.2, 0) is 4.79 Å². The minimum absolute atomic E-state index is 0.0150. The zero-order chi connectivity index (χ0) is 14.8. The molecule has 1 aliphatic rings. The summed E-state index contributed by atoms with van der Waals surface area (Å²) in [5, 5.41) is 23.0. The molecule has 20 heavy (non-hydrogen) atoms. The van der Waals surface area contributed by atoms with E-state index in [2.05, 4.69) is 5.32 Å². The van der Waals surface area contributed by atoms with E-state index in [1.807, 2.05) is 11.8 Å². The van der Waals surface area contributed by atoms with Gasteiger partial charge in [0.1, 0.15) is 0 Å². The summed E-state index contributed by atoms with van der Waals surface area (Å²) in [5.74, 6) is -0.197. The third kappa shape index (κ3) is 3.31. The Labute approximate surface area is 116 Å². The van der Waals surface area contributed by atoms with Crippen LogP contribution >= 0.6 is 0 Å². The number of carbonyl (C=O) groups is 1. The van der Waals surface area contributed by atoms with Gasteiger partial charge in [-0.3, -0.25) is 19.8 Å². The Morgan fingerprint density at radius 1 is 1.45 bits per heavy atom. The quantitative estimate of drug-likeness (QED) is 0.619. The number of nitro groups is 1. The van der Waals surface area contributed by atoms with Crippen molar-refractivity contribution in [1.29, 1.82) is 0 Å². The lowest BCUT2D eigenvalue weighted by molar-refractivity contribution is -0.384. The fraction of sp³-hybridized carbons (Fsp3) is 0.462. The topological polar surface area (TPSA) is 95.7 Å². The van der Waals surface area contributed by atoms with Gasteiger partial charge in [0.25, 0.3) is 5.69 Å². The van der Waals surface area contributed by atoms with Crippen molar-refractivity contribution in [2.75, 3.05) is 25.0 Å². The molecule has 0 bridgehead atoms. The maximum Gasteiger partial charge on any atom is 0.269 e. The molecule has 108 valence electrons. The summed E-state index contributed by atoms with van der Waals surface area (Å²) in [5.41, 5.74) is -0.154. The molecule has 1 aromatic rings. The molecular weight excluding hydrogens is 262 g/mol. The summed E-state index contributed by atoms with van der Waals surface area (Å²) < 4.78 is 0. The van der Waals surface area contributed by atoms with Crippen LogP contribution in [0.1, 0.15) is 13.3 Å². The second kappa shape index (κ2) is 5.56. The lowest BCUT2D eigenvalue weighted by atomic mass is 9.91. The predicted octanol–water partition coefficient (Wildman–Crippen LogP) is 0.990. The van der Waals surface area contributed by atoms with Gasteiger partial charge in [-0.2, -0.15) is 0 Å². The van der Waals surface area contributed by atoms with Gasteiger partial charge in [-0.1, -0.05) is 6.92 Å². The number of anilines is 1. The molecule has 0 spiro atoms. The zero-order valence-electron chi connectivity index (χ0n) is 11.2. The molecule has 1 saturated heterocycles. The van der Waals surface area contributed by atoms with Crippen LogP contribution < -0.4 is 5.32 Å². The zero-order valence-corrected chi connectivity index (χ0v) is 11.2. The number of hydrogen-bond donors (Lipinski definition) is 2. The molecule has 0 aliphatic carbocycles. The van der Waals surface area contributed by atoms with E-state index in [0.717, 1.165) is 0 Å². The van der Waals surface area contributed by atoms with Crippen LogP contribution in [0, 0.1) is 10.1 Å². The van der Waals surface area contributed by atoms with Gasteiger partial charge in [-0.05, 0) is 18.6 Å². The maximum atomic E-state index is 11.8. The SMILES string of the molecule is CCC1(O)CN(CC(=O)Nc2ccc([N+](=O)[O-])cc2)C1. The molecule has 1 fully saturated rings. The van der Waals surface area contributed by atoms with E-state index in [1.165, 1.54) is 24.3 Å². The average molecular weight is 279 g/mol. The van der Waals surface area contributed by atoms with Gasteiger partial charge in [-0.25, -0.2) is 0 Å². The normalized spacial score (nSPS) is 17.3. The standard InChI is InChI=1S/C13H17N3O4/c1-2-13(18)8-15(9-13)7-12(17)14-10-3-5-11(6-4-10)16(19)20/h3-6,18H,2,7-9H2,1H3,(H,14,17). The number of amides is 1. The number of non-ortho nitro benzene ring substituents is 1. The number of benzene rings is 1. The van der Waals surface area contributed by atoms with Crippen molar-refractivity contribution in [3.8, 4) is 0 Å². The molecule has 0 aromatic heterocycles. The molecule has 7 heteroatoms. The van der Waals surface area contributed by atoms with Crippen molar-refractivity contribution < 1.29 is 14.8 Å². The Morgan fingerprint density at radius 2 is 2.05 bits per heavy atom. The molecule has 7 nitrogen and oxygen atoms in total. The second-order valence-corrected chi connectivity index (χ2v) is 5.08. The van der Waals surface area contributed by atoms with E-state index in [4.69, 9.17) is 0 Å². The van der Waals surface area contributed by atoms with Crippen molar-refractivity contribution >= 4 is 17.3 Å². The van der Waals surface area contributed by atoms with Crippen LogP contribution in [0.2, 0.25) is 0 Å². The van der Waals surface area contributed by atoms with Crippen LogP contribution in [0.25, 0.3) is 0 Å². The maximum absolute atomic E-state index is 11.8. The number of hydrogen-bond acceptors (Lipinski definition) is 5. The molecule has 0 saturated carbocycles. The summed E-state index contributed by atoms with van der Waals surface area (Å²) in [4.78, 5) is 23.6. The van der Waals surface area contributed by atoms with E-state index < -0.39 is 10.5 Å². The monoisotopic (exact) mass is 279 g/mol. The van der Waals surface area contributed by atoms with E-state index >= 15 is 0 Å². The van der Waals surface area contributed by atoms with Crippen LogP contribution in [-0.4, -0.2) is 46.1 Å².